The number of anilines is 1. The normalized spacial score (nSPS) is 16.1. The fraction of sp³-hybridized carbons (Fsp3) is 0.414. The van der Waals surface area contributed by atoms with Crippen molar-refractivity contribution in [3.05, 3.63) is 47.1 Å². The molecule has 1 aliphatic heterocycles. The Morgan fingerprint density at radius 1 is 1.24 bits per heavy atom. The molecule has 1 saturated heterocycles. The summed E-state index contributed by atoms with van der Waals surface area (Å²) in [4.78, 5) is 55.7. The number of halogens is 3. The molecule has 2 amide bonds. The van der Waals surface area contributed by atoms with Crippen LogP contribution < -0.4 is 31.3 Å². The van der Waals surface area contributed by atoms with Gasteiger partial charge >= 0.3 is 22.5 Å². The van der Waals surface area contributed by atoms with Crippen molar-refractivity contribution in [2.45, 2.75) is 57.6 Å². The van der Waals surface area contributed by atoms with E-state index < -0.39 is 70.3 Å². The lowest BCUT2D eigenvalue weighted by Gasteiger charge is -2.50. The number of aromatic nitrogens is 3. The van der Waals surface area contributed by atoms with Crippen molar-refractivity contribution in [1.29, 1.82) is 0 Å². The molecule has 25 heteroatoms. The topological polar surface area (TPSA) is 295 Å². The van der Waals surface area contributed by atoms with E-state index in [2.05, 4.69) is 24.4 Å². The zero-order valence-electron chi connectivity index (χ0n) is 28.8. The summed E-state index contributed by atoms with van der Waals surface area (Å²) in [5.41, 5.74) is 12.3. The highest BCUT2D eigenvalue weighted by molar-refractivity contribution is 7.80. The summed E-state index contributed by atoms with van der Waals surface area (Å²) >= 11 is 0.961. The summed E-state index contributed by atoms with van der Waals surface area (Å²) in [5, 5.41) is 26.4. The number of carboxylic acids is 2. The predicted molar refractivity (Wildman–Crippen MR) is 177 cm³/mol. The molecule has 2 aromatic heterocycles. The Hall–Kier alpha value is -5.37. The number of carbonyl (C=O) groups is 4. The second-order valence-electron chi connectivity index (χ2n) is 11.7. The molecule has 4 rings (SSSR count). The van der Waals surface area contributed by atoms with Crippen molar-refractivity contribution >= 4 is 56.3 Å². The van der Waals surface area contributed by atoms with Crippen molar-refractivity contribution < 1.29 is 74.1 Å². The highest BCUT2D eigenvalue weighted by atomic mass is 32.3. The number of benzene rings is 1. The number of nitrogens with two attached hydrogens (primary N) is 2. The number of aliphatic carboxylic acids is 2. The van der Waals surface area contributed by atoms with Crippen LogP contribution in [0.4, 0.5) is 18.3 Å². The molecule has 3 heterocycles. The van der Waals surface area contributed by atoms with Gasteiger partial charge in [-0.1, -0.05) is 5.16 Å². The number of nitrogens with zero attached hydrogens (tertiary/aromatic N) is 5. The zero-order valence-corrected chi connectivity index (χ0v) is 30.4. The first-order chi connectivity index (χ1) is 25.0. The Kier molecular flexibility index (Phi) is 13.7. The largest absolute Gasteiger partial charge is 0.542 e. The van der Waals surface area contributed by atoms with Crippen LogP contribution in [0.5, 0.6) is 5.75 Å². The molecule has 2 atom stereocenters. The summed E-state index contributed by atoms with van der Waals surface area (Å²) in [6.07, 6.45) is -6.03. The molecule has 7 N–H and O–H groups in total. The van der Waals surface area contributed by atoms with Crippen molar-refractivity contribution in [2.24, 2.45) is 17.9 Å². The third-order valence-corrected chi connectivity index (χ3v) is 8.48. The Bertz CT molecular complexity index is 2000. The van der Waals surface area contributed by atoms with Crippen LogP contribution in [-0.2, 0) is 52.3 Å². The van der Waals surface area contributed by atoms with Crippen LogP contribution in [0.15, 0.2) is 40.9 Å². The molecule has 54 heavy (non-hydrogen) atoms. The summed E-state index contributed by atoms with van der Waals surface area (Å²) in [5.74, 6) is -6.11. The zero-order chi connectivity index (χ0) is 40.8. The number of amides is 2. The third-order valence-electron chi connectivity index (χ3n) is 7.47. The molecular weight excluding hydrogens is 773 g/mol. The molecule has 0 spiro atoms. The van der Waals surface area contributed by atoms with Gasteiger partial charge in [-0.3, -0.25) is 14.1 Å². The van der Waals surface area contributed by atoms with Gasteiger partial charge in [0.15, 0.2) is 17.9 Å². The van der Waals surface area contributed by atoms with E-state index in [1.165, 1.54) is 19.2 Å². The van der Waals surface area contributed by atoms with Crippen molar-refractivity contribution in [2.75, 3.05) is 18.9 Å². The number of nitrogens with one attached hydrogen (secondary N) is 1. The SMILES string of the molecule is Cc1cc(-c2ccc(OC[C@H](O/N=C(\C(=O)N[C@@H]3C(=O)N(OS(=O)(=O)O)C3(C)C)c3csc(N)n3)C(=O)O)cc2)[n+](C)n1CCCN.O=C([O-])C(F)(F)F. The molecule has 20 nitrogen and oxygen atoms in total. The van der Waals surface area contributed by atoms with Gasteiger partial charge in [-0.15, -0.1) is 20.3 Å². The number of oxime groups is 1. The Morgan fingerprint density at radius 3 is 2.33 bits per heavy atom. The summed E-state index contributed by atoms with van der Waals surface area (Å²) in [6, 6.07) is 7.73. The quantitative estimate of drug-likeness (QED) is 0.0407. The lowest BCUT2D eigenvalue weighted by atomic mass is 9.84. The summed E-state index contributed by atoms with van der Waals surface area (Å²) < 4.78 is 76.8. The maximum absolute atomic E-state index is 13.2. The van der Waals surface area contributed by atoms with Gasteiger partial charge in [-0.05, 0) is 58.0 Å². The van der Waals surface area contributed by atoms with E-state index in [0.29, 0.717) is 17.4 Å². The summed E-state index contributed by atoms with van der Waals surface area (Å²) in [7, 11) is -3.07. The number of hydroxylamine groups is 2. The molecule has 296 valence electrons. The molecule has 3 aromatic rings. The van der Waals surface area contributed by atoms with Crippen LogP contribution in [0.3, 0.4) is 0 Å². The Balaban J connectivity index is 0.00000102. The number of aryl methyl sites for hydroxylation is 1. The molecule has 0 unspecified atom stereocenters. The first kappa shape index (κ1) is 43.0. The van der Waals surface area contributed by atoms with Gasteiger partial charge in [-0.25, -0.2) is 9.78 Å². The average Bonchev–Trinajstić information content (AvgIpc) is 3.63. The smallest absolute Gasteiger partial charge is 0.430 e. The molecule has 1 aromatic carbocycles. The van der Waals surface area contributed by atoms with Gasteiger partial charge in [0.2, 0.25) is 5.69 Å². The van der Waals surface area contributed by atoms with Crippen molar-refractivity contribution in [3.63, 3.8) is 0 Å². The number of ether oxygens (including phenoxy) is 1. The average molecular weight is 809 g/mol. The molecule has 0 saturated carbocycles. The standard InChI is InChI=1S/C27H34N8O10S2.C2HF3O2/c1-15-12-19(33(4)34(15)11-5-10-28)16-6-8-17(9-7-16)43-13-20(25(38)39)44-32-21(18-14-46-26(29)30-18)23(36)31-22-24(37)35(27(22,2)3)45-47(40,41)42;3-2(4,5)1(6)7/h6-9,12,14,20,22H,5,10-11,13,28H2,1-4H3,(H4-,29,30,31,36,38,39,40,41,42);(H,6,7)/b32-21-;/t20-,22+;/m0./s1. The van der Waals surface area contributed by atoms with Crippen LogP contribution >= 0.6 is 11.3 Å². The number of nitrogen functional groups attached to an aromatic ring is 1. The molecule has 1 fully saturated rings. The summed E-state index contributed by atoms with van der Waals surface area (Å²) in [6.45, 7) is 5.60. The first-order valence-corrected chi connectivity index (χ1v) is 17.5. The highest BCUT2D eigenvalue weighted by Gasteiger charge is 2.58. The van der Waals surface area contributed by atoms with Crippen LogP contribution in [0, 0.1) is 6.92 Å². The highest BCUT2D eigenvalue weighted by Crippen LogP contribution is 2.33. The van der Waals surface area contributed by atoms with E-state index in [-0.39, 0.29) is 10.8 Å². The number of thiazole rings is 1. The molecule has 0 bridgehead atoms. The molecule has 0 aliphatic carbocycles. The lowest BCUT2D eigenvalue weighted by molar-refractivity contribution is -0.744. The minimum absolute atomic E-state index is 0.0609. The Labute approximate surface area is 308 Å². The minimum Gasteiger partial charge on any atom is -0.542 e. The predicted octanol–water partition coefficient (Wildman–Crippen LogP) is -0.933. The van der Waals surface area contributed by atoms with Gasteiger partial charge in [0, 0.05) is 17.0 Å². The van der Waals surface area contributed by atoms with Gasteiger partial charge in [0.05, 0.1) is 17.8 Å². The van der Waals surface area contributed by atoms with Crippen LogP contribution in [-0.4, -0.2) is 99.3 Å². The van der Waals surface area contributed by atoms with E-state index in [9.17, 15) is 41.1 Å². The number of β-lactam (4-membered cyclic amide) rings is 1. The lowest BCUT2D eigenvalue weighted by Crippen LogP contribution is -2.76. The van der Waals surface area contributed by atoms with Gasteiger partial charge in [-0.2, -0.15) is 31.3 Å². The molecular formula is C29H35F3N8O12S2. The van der Waals surface area contributed by atoms with Gasteiger partial charge in [0.1, 0.15) is 30.1 Å². The first-order valence-electron chi connectivity index (χ1n) is 15.3. The fourth-order valence-electron chi connectivity index (χ4n) is 4.75. The van der Waals surface area contributed by atoms with Crippen LogP contribution in [0.25, 0.3) is 11.3 Å². The van der Waals surface area contributed by atoms with E-state index in [1.807, 2.05) is 36.9 Å². The number of rotatable bonds is 15. The van der Waals surface area contributed by atoms with E-state index >= 15 is 0 Å². The van der Waals surface area contributed by atoms with Gasteiger partial charge in [0.25, 0.3) is 17.9 Å². The Morgan fingerprint density at radius 2 is 1.85 bits per heavy atom. The number of hydrogen-bond acceptors (Lipinski definition) is 15. The van der Waals surface area contributed by atoms with Crippen molar-refractivity contribution in [3.8, 4) is 17.0 Å². The van der Waals surface area contributed by atoms with Crippen LogP contribution in [0.1, 0.15) is 31.7 Å². The second-order valence-corrected chi connectivity index (χ2v) is 13.6. The fourth-order valence-corrected chi connectivity index (χ4v) is 5.75. The monoisotopic (exact) mass is 808 g/mol. The molecule has 1 aliphatic rings. The third kappa shape index (κ3) is 10.8. The van der Waals surface area contributed by atoms with E-state index in [4.69, 9.17) is 35.5 Å². The number of alkyl halides is 3. The number of carbonyl (C=O) groups excluding carboxylic acids is 3. The second kappa shape index (κ2) is 17.2. The molecule has 0 radical (unpaired) electrons. The van der Waals surface area contributed by atoms with Gasteiger partial charge < -0.3 is 41.4 Å². The van der Waals surface area contributed by atoms with Crippen LogP contribution in [0.2, 0.25) is 0 Å². The maximum Gasteiger partial charge on any atom is 0.430 e. The minimum atomic E-state index is -5.19. The van der Waals surface area contributed by atoms with E-state index in [0.717, 1.165) is 41.3 Å². The number of hydrogen-bond donors (Lipinski definition) is 5. The number of carboxylic acid groups (broad SMARTS) is 2. The van der Waals surface area contributed by atoms with Crippen molar-refractivity contribution in [1.82, 2.24) is 20.0 Å². The van der Waals surface area contributed by atoms with E-state index in [1.54, 1.807) is 12.1 Å². The maximum atomic E-state index is 13.2.